The molecule has 0 bridgehead atoms. The van der Waals surface area contributed by atoms with Crippen LogP contribution in [0.3, 0.4) is 0 Å². The van der Waals surface area contributed by atoms with Gasteiger partial charge in [0.15, 0.2) is 0 Å². The second-order valence-electron chi connectivity index (χ2n) is 5.79. The van der Waals surface area contributed by atoms with Gasteiger partial charge in [-0.1, -0.05) is 36.6 Å². The van der Waals surface area contributed by atoms with Crippen LogP contribution in [0.5, 0.6) is 0 Å². The topological polar surface area (TPSA) is 41.6 Å². The molecule has 1 aliphatic heterocycles. The van der Waals surface area contributed by atoms with Crippen LogP contribution >= 0.6 is 11.6 Å². The lowest BCUT2D eigenvalue weighted by Gasteiger charge is -2.34. The molecule has 2 aliphatic rings. The number of amides is 2. The maximum absolute atomic E-state index is 12.3. The summed E-state index contributed by atoms with van der Waals surface area (Å²) in [7, 11) is 0. The van der Waals surface area contributed by atoms with Crippen LogP contribution in [0.15, 0.2) is 24.3 Å². The van der Waals surface area contributed by atoms with Gasteiger partial charge < -0.3 is 15.0 Å². The standard InChI is InChI=1S/C16H21ClN2O2/c17-13-7-5-12(6-8-13)15-11-19(9-10-21-15)16(20)18-14-3-1-2-4-14/h5-8,14-15H,1-4,9-11H2,(H,18,20). The lowest BCUT2D eigenvalue weighted by molar-refractivity contribution is -0.0157. The zero-order valence-corrected chi connectivity index (χ0v) is 12.8. The summed E-state index contributed by atoms with van der Waals surface area (Å²) in [6, 6.07) is 8.05. The minimum absolute atomic E-state index is 0.0455. The van der Waals surface area contributed by atoms with Crippen molar-refractivity contribution >= 4 is 17.6 Å². The molecule has 1 N–H and O–H groups in total. The Hall–Kier alpha value is -1.26. The van der Waals surface area contributed by atoms with Crippen LogP contribution in [0.1, 0.15) is 37.4 Å². The van der Waals surface area contributed by atoms with E-state index in [2.05, 4.69) is 5.32 Å². The van der Waals surface area contributed by atoms with E-state index >= 15 is 0 Å². The van der Waals surface area contributed by atoms with Crippen LogP contribution in [-0.4, -0.2) is 36.7 Å². The molecular weight excluding hydrogens is 288 g/mol. The maximum Gasteiger partial charge on any atom is 0.317 e. The SMILES string of the molecule is O=C(NC1CCCC1)N1CCOC(c2ccc(Cl)cc2)C1. The number of urea groups is 1. The van der Waals surface area contributed by atoms with Crippen molar-refractivity contribution in [3.8, 4) is 0 Å². The van der Waals surface area contributed by atoms with Gasteiger partial charge in [0.1, 0.15) is 6.10 Å². The number of morpholine rings is 1. The quantitative estimate of drug-likeness (QED) is 0.910. The summed E-state index contributed by atoms with van der Waals surface area (Å²) >= 11 is 5.91. The number of rotatable bonds is 2. The molecule has 1 heterocycles. The van der Waals surface area contributed by atoms with E-state index in [1.54, 1.807) is 0 Å². The molecule has 0 radical (unpaired) electrons. The van der Waals surface area contributed by atoms with Crippen molar-refractivity contribution in [1.29, 1.82) is 0 Å². The average Bonchev–Trinajstić information content (AvgIpc) is 3.01. The number of hydrogen-bond acceptors (Lipinski definition) is 2. The summed E-state index contributed by atoms with van der Waals surface area (Å²) in [6.45, 7) is 1.83. The Kier molecular flexibility index (Phi) is 4.66. The molecule has 1 unspecified atom stereocenters. The van der Waals surface area contributed by atoms with Crippen molar-refractivity contribution < 1.29 is 9.53 Å². The Balaban J connectivity index is 1.59. The first-order valence-electron chi connectivity index (χ1n) is 7.65. The van der Waals surface area contributed by atoms with Gasteiger partial charge in [-0.15, -0.1) is 0 Å². The number of benzene rings is 1. The van der Waals surface area contributed by atoms with E-state index < -0.39 is 0 Å². The van der Waals surface area contributed by atoms with E-state index in [-0.39, 0.29) is 12.1 Å². The Morgan fingerprint density at radius 1 is 1.24 bits per heavy atom. The van der Waals surface area contributed by atoms with Gasteiger partial charge in [0.2, 0.25) is 0 Å². The van der Waals surface area contributed by atoms with Crippen LogP contribution in [0.25, 0.3) is 0 Å². The van der Waals surface area contributed by atoms with E-state index in [4.69, 9.17) is 16.3 Å². The molecular formula is C16H21ClN2O2. The first-order valence-corrected chi connectivity index (χ1v) is 8.02. The largest absolute Gasteiger partial charge is 0.370 e. The van der Waals surface area contributed by atoms with E-state index in [0.29, 0.717) is 30.8 Å². The second-order valence-corrected chi connectivity index (χ2v) is 6.22. The Morgan fingerprint density at radius 2 is 1.95 bits per heavy atom. The summed E-state index contributed by atoms with van der Waals surface area (Å²) in [6.07, 6.45) is 4.60. The molecule has 0 spiro atoms. The highest BCUT2D eigenvalue weighted by Crippen LogP contribution is 2.24. The van der Waals surface area contributed by atoms with Gasteiger partial charge in [-0.25, -0.2) is 4.79 Å². The van der Waals surface area contributed by atoms with Crippen molar-refractivity contribution in [2.45, 2.75) is 37.8 Å². The molecule has 4 nitrogen and oxygen atoms in total. The molecule has 2 amide bonds. The van der Waals surface area contributed by atoms with Crippen molar-refractivity contribution in [1.82, 2.24) is 10.2 Å². The number of ether oxygens (including phenoxy) is 1. The molecule has 114 valence electrons. The van der Waals surface area contributed by atoms with Crippen molar-refractivity contribution in [3.63, 3.8) is 0 Å². The van der Waals surface area contributed by atoms with E-state index in [9.17, 15) is 4.79 Å². The van der Waals surface area contributed by atoms with Gasteiger partial charge in [-0.2, -0.15) is 0 Å². The highest BCUT2D eigenvalue weighted by atomic mass is 35.5. The van der Waals surface area contributed by atoms with Crippen LogP contribution in [0.2, 0.25) is 5.02 Å². The van der Waals surface area contributed by atoms with Crippen LogP contribution in [0, 0.1) is 0 Å². The Bertz CT molecular complexity index is 486. The van der Waals surface area contributed by atoms with Crippen molar-refractivity contribution in [2.75, 3.05) is 19.7 Å². The molecule has 1 aromatic rings. The second kappa shape index (κ2) is 6.67. The van der Waals surface area contributed by atoms with E-state index in [1.165, 1.54) is 12.8 Å². The van der Waals surface area contributed by atoms with Crippen molar-refractivity contribution in [2.24, 2.45) is 0 Å². The van der Waals surface area contributed by atoms with Crippen LogP contribution in [0.4, 0.5) is 4.79 Å². The molecule has 0 aromatic heterocycles. The Labute approximate surface area is 130 Å². The first-order chi connectivity index (χ1) is 10.2. The number of nitrogens with one attached hydrogen (secondary N) is 1. The zero-order chi connectivity index (χ0) is 14.7. The molecule has 21 heavy (non-hydrogen) atoms. The number of halogens is 1. The smallest absolute Gasteiger partial charge is 0.317 e. The van der Waals surface area contributed by atoms with Gasteiger partial charge in [0.05, 0.1) is 13.2 Å². The molecule has 1 atom stereocenters. The number of nitrogens with zero attached hydrogens (tertiary/aromatic N) is 1. The molecule has 1 aliphatic carbocycles. The fourth-order valence-electron chi connectivity index (χ4n) is 3.05. The van der Waals surface area contributed by atoms with Gasteiger partial charge in [-0.3, -0.25) is 0 Å². The molecule has 3 rings (SSSR count). The summed E-state index contributed by atoms with van der Waals surface area (Å²) in [5.74, 6) is 0. The first kappa shape index (κ1) is 14.7. The van der Waals surface area contributed by atoms with Crippen LogP contribution in [-0.2, 0) is 4.74 Å². The fourth-order valence-corrected chi connectivity index (χ4v) is 3.17. The number of carbonyl (C=O) groups excluding carboxylic acids is 1. The molecule has 1 saturated carbocycles. The zero-order valence-electron chi connectivity index (χ0n) is 12.1. The fraction of sp³-hybridized carbons (Fsp3) is 0.562. The van der Waals surface area contributed by atoms with Gasteiger partial charge >= 0.3 is 6.03 Å². The van der Waals surface area contributed by atoms with Crippen LogP contribution < -0.4 is 5.32 Å². The van der Waals surface area contributed by atoms with Gasteiger partial charge in [0, 0.05) is 17.6 Å². The van der Waals surface area contributed by atoms with Gasteiger partial charge in [-0.05, 0) is 30.5 Å². The predicted octanol–water partition coefficient (Wildman–Crippen LogP) is 3.37. The number of hydrogen-bond donors (Lipinski definition) is 1. The lowest BCUT2D eigenvalue weighted by Crippen LogP contribution is -2.49. The molecule has 1 aromatic carbocycles. The molecule has 5 heteroatoms. The third kappa shape index (κ3) is 3.69. The monoisotopic (exact) mass is 308 g/mol. The summed E-state index contributed by atoms with van der Waals surface area (Å²) < 4.78 is 5.79. The summed E-state index contributed by atoms with van der Waals surface area (Å²) in [5, 5.41) is 3.85. The van der Waals surface area contributed by atoms with E-state index in [0.717, 1.165) is 18.4 Å². The third-order valence-electron chi connectivity index (χ3n) is 4.28. The lowest BCUT2D eigenvalue weighted by atomic mass is 10.1. The normalized spacial score (nSPS) is 23.3. The maximum atomic E-state index is 12.3. The summed E-state index contributed by atoms with van der Waals surface area (Å²) in [4.78, 5) is 14.2. The minimum Gasteiger partial charge on any atom is -0.370 e. The molecule has 1 saturated heterocycles. The third-order valence-corrected chi connectivity index (χ3v) is 4.53. The highest BCUT2D eigenvalue weighted by Gasteiger charge is 2.27. The minimum atomic E-state index is -0.0645. The number of carbonyl (C=O) groups is 1. The molecule has 2 fully saturated rings. The van der Waals surface area contributed by atoms with Gasteiger partial charge in [0.25, 0.3) is 0 Å². The summed E-state index contributed by atoms with van der Waals surface area (Å²) in [5.41, 5.74) is 1.07. The highest BCUT2D eigenvalue weighted by molar-refractivity contribution is 6.30. The van der Waals surface area contributed by atoms with Crippen molar-refractivity contribution in [3.05, 3.63) is 34.9 Å². The average molecular weight is 309 g/mol. The Morgan fingerprint density at radius 3 is 2.67 bits per heavy atom. The van der Waals surface area contributed by atoms with E-state index in [1.807, 2.05) is 29.2 Å². The predicted molar refractivity (Wildman–Crippen MR) is 82.5 cm³/mol.